The van der Waals surface area contributed by atoms with Gasteiger partial charge in [0.1, 0.15) is 24.4 Å². The van der Waals surface area contributed by atoms with Crippen LogP contribution in [0, 0.1) is 0 Å². The SMILES string of the molecule is O=C([O-])O.O=CC(O)C(O)C(O)C(O)CO.[Cl-].[K+].[Na+]. The second kappa shape index (κ2) is 19.7. The van der Waals surface area contributed by atoms with E-state index in [1.807, 2.05) is 0 Å². The largest absolute Gasteiger partial charge is 1.00 e. The number of carbonyl (C=O) groups excluding carboxylic acids is 1. The molecule has 0 aromatic carbocycles. The Morgan fingerprint density at radius 2 is 1.47 bits per heavy atom. The van der Waals surface area contributed by atoms with Gasteiger partial charge >= 0.3 is 80.9 Å². The molecule has 0 spiro atoms. The molecule has 0 aromatic rings. The van der Waals surface area contributed by atoms with Crippen molar-refractivity contribution in [1.82, 2.24) is 0 Å². The van der Waals surface area contributed by atoms with E-state index in [0.717, 1.165) is 0 Å². The van der Waals surface area contributed by atoms with Crippen molar-refractivity contribution in [1.29, 1.82) is 0 Å². The smallest absolute Gasteiger partial charge is 1.00 e. The summed E-state index contributed by atoms with van der Waals surface area (Å²) in [6.07, 6.45) is -8.92. The van der Waals surface area contributed by atoms with Gasteiger partial charge in [0.05, 0.1) is 6.61 Å². The van der Waals surface area contributed by atoms with Crippen LogP contribution in [-0.4, -0.2) is 74.1 Å². The Kier molecular flexibility index (Phi) is 33.7. The van der Waals surface area contributed by atoms with Crippen LogP contribution < -0.4 is 98.5 Å². The third kappa shape index (κ3) is 19.7. The first kappa shape index (κ1) is 32.6. The van der Waals surface area contributed by atoms with Crippen LogP contribution in [0.2, 0.25) is 0 Å². The number of hydrogen-bond acceptors (Lipinski definition) is 8. The minimum atomic E-state index is -2.08. The van der Waals surface area contributed by atoms with Crippen LogP contribution in [-0.2, 0) is 4.79 Å². The standard InChI is InChI=1S/C6H12O6.CH2O3.ClH.K.Na/c7-1-3(9)5(11)6(12)4(10)2-8;2-1(3)4;;;/h1,3-6,8-12H,2H2;(H2,2,3,4);1H;;/q;;;2*+1/p-2. The van der Waals surface area contributed by atoms with Gasteiger partial charge in [-0.05, 0) is 0 Å². The first-order valence-electron chi connectivity index (χ1n) is 3.96. The third-order valence-electron chi connectivity index (χ3n) is 1.42. The second-order valence-electron chi connectivity index (χ2n) is 2.62. The van der Waals surface area contributed by atoms with E-state index < -0.39 is 37.2 Å². The Hall–Kier alpha value is 1.67. The summed E-state index contributed by atoms with van der Waals surface area (Å²) >= 11 is 0. The minimum Gasteiger partial charge on any atom is -1.00 e. The normalized spacial score (nSPS) is 14.6. The summed E-state index contributed by atoms with van der Waals surface area (Å²) in [5, 5.41) is 58.8. The molecule has 104 valence electrons. The summed E-state index contributed by atoms with van der Waals surface area (Å²) in [5.41, 5.74) is 0. The fourth-order valence-electron chi connectivity index (χ4n) is 0.618. The summed E-state index contributed by atoms with van der Waals surface area (Å²) in [5.74, 6) is 0. The van der Waals surface area contributed by atoms with Gasteiger partial charge in [-0.1, -0.05) is 0 Å². The first-order valence-corrected chi connectivity index (χ1v) is 3.96. The number of aldehydes is 1. The summed E-state index contributed by atoms with van der Waals surface area (Å²) in [4.78, 5) is 18.3. The Morgan fingerprint density at radius 1 is 1.16 bits per heavy atom. The van der Waals surface area contributed by atoms with Crippen LogP contribution >= 0.6 is 0 Å². The van der Waals surface area contributed by atoms with Crippen molar-refractivity contribution in [2.75, 3.05) is 6.61 Å². The molecule has 0 rings (SSSR count). The molecule has 0 amide bonds. The molecule has 0 aromatic heterocycles. The first-order chi connectivity index (χ1) is 7.27. The van der Waals surface area contributed by atoms with Gasteiger partial charge in [0.15, 0.2) is 6.29 Å². The van der Waals surface area contributed by atoms with E-state index in [1.165, 1.54) is 0 Å². The van der Waals surface area contributed by atoms with Crippen LogP contribution in [0.5, 0.6) is 0 Å². The molecule has 6 N–H and O–H groups in total. The van der Waals surface area contributed by atoms with Crippen LogP contribution in [0.15, 0.2) is 0 Å². The summed E-state index contributed by atoms with van der Waals surface area (Å²) in [6.45, 7) is -0.760. The molecule has 0 aliphatic carbocycles. The molecule has 4 unspecified atom stereocenters. The van der Waals surface area contributed by atoms with Crippen molar-refractivity contribution in [3.63, 3.8) is 0 Å². The molecule has 0 saturated heterocycles. The number of aliphatic hydroxyl groups is 5. The Morgan fingerprint density at radius 3 is 1.68 bits per heavy atom. The molecule has 0 radical (unpaired) electrons. The molecular formula is C7H13ClKNaO9. The number of aliphatic hydroxyl groups excluding tert-OH is 5. The van der Waals surface area contributed by atoms with E-state index in [-0.39, 0.29) is 99.6 Å². The summed E-state index contributed by atoms with van der Waals surface area (Å²) in [6, 6.07) is 0. The van der Waals surface area contributed by atoms with E-state index in [2.05, 4.69) is 0 Å². The van der Waals surface area contributed by atoms with E-state index in [1.54, 1.807) is 0 Å². The van der Waals surface area contributed by atoms with Gasteiger partial charge in [-0.15, -0.1) is 0 Å². The zero-order valence-electron chi connectivity index (χ0n) is 10.4. The van der Waals surface area contributed by atoms with Gasteiger partial charge < -0.3 is 57.7 Å². The molecule has 0 aliphatic heterocycles. The van der Waals surface area contributed by atoms with Crippen molar-refractivity contribution in [3.8, 4) is 0 Å². The topological polar surface area (TPSA) is 179 Å². The quantitative estimate of drug-likeness (QED) is 0.209. The molecule has 0 bridgehead atoms. The summed E-state index contributed by atoms with van der Waals surface area (Å²) < 4.78 is 0. The van der Waals surface area contributed by atoms with Crippen molar-refractivity contribution in [3.05, 3.63) is 0 Å². The molecule has 19 heavy (non-hydrogen) atoms. The second-order valence-corrected chi connectivity index (χ2v) is 2.62. The number of carbonyl (C=O) groups is 2. The number of halogens is 1. The predicted molar refractivity (Wildman–Crippen MR) is 45.2 cm³/mol. The van der Waals surface area contributed by atoms with Crippen LogP contribution in [0.3, 0.4) is 0 Å². The van der Waals surface area contributed by atoms with Gasteiger partial charge in [0.2, 0.25) is 6.16 Å². The maximum atomic E-state index is 9.90. The number of hydrogen-bond donors (Lipinski definition) is 6. The maximum absolute atomic E-state index is 9.90. The molecule has 12 heteroatoms. The molecular weight excluding hydrogens is 326 g/mol. The minimum absolute atomic E-state index is 0. The van der Waals surface area contributed by atoms with E-state index >= 15 is 0 Å². The zero-order valence-corrected chi connectivity index (χ0v) is 16.3. The van der Waals surface area contributed by atoms with Gasteiger partial charge in [-0.2, -0.15) is 0 Å². The van der Waals surface area contributed by atoms with Crippen LogP contribution in [0.1, 0.15) is 0 Å². The number of carboxylic acid groups (broad SMARTS) is 2. The molecule has 9 nitrogen and oxygen atoms in total. The van der Waals surface area contributed by atoms with Gasteiger partial charge in [-0.25, -0.2) is 0 Å². The van der Waals surface area contributed by atoms with Crippen molar-refractivity contribution < 1.29 is 139 Å². The Labute approximate surface area is 179 Å². The molecule has 0 saturated carbocycles. The molecule has 4 atom stereocenters. The van der Waals surface area contributed by atoms with Gasteiger partial charge in [0, 0.05) is 0 Å². The number of rotatable bonds is 5. The van der Waals surface area contributed by atoms with E-state index in [0.29, 0.717) is 0 Å². The maximum Gasteiger partial charge on any atom is 1.00 e. The average molecular weight is 339 g/mol. The van der Waals surface area contributed by atoms with Crippen LogP contribution in [0.4, 0.5) is 4.79 Å². The van der Waals surface area contributed by atoms with Crippen molar-refractivity contribution >= 4 is 12.4 Å². The van der Waals surface area contributed by atoms with Gasteiger partial charge in [-0.3, -0.25) is 0 Å². The van der Waals surface area contributed by atoms with Crippen molar-refractivity contribution in [2.45, 2.75) is 24.4 Å². The zero-order chi connectivity index (χ0) is 13.3. The Balaban J connectivity index is -0.0000000827. The summed E-state index contributed by atoms with van der Waals surface area (Å²) in [7, 11) is 0. The monoisotopic (exact) mass is 338 g/mol. The van der Waals surface area contributed by atoms with E-state index in [4.69, 9.17) is 40.5 Å². The van der Waals surface area contributed by atoms with Crippen molar-refractivity contribution in [2.24, 2.45) is 0 Å². The fraction of sp³-hybridized carbons (Fsp3) is 0.714. The molecule has 0 fully saturated rings. The predicted octanol–water partition coefficient (Wildman–Crippen LogP) is -13.5. The third-order valence-corrected chi connectivity index (χ3v) is 1.42. The van der Waals surface area contributed by atoms with Crippen LogP contribution in [0.25, 0.3) is 0 Å². The molecule has 0 heterocycles. The Bertz CT molecular complexity index is 219. The fourth-order valence-corrected chi connectivity index (χ4v) is 0.618. The van der Waals surface area contributed by atoms with E-state index in [9.17, 15) is 4.79 Å². The van der Waals surface area contributed by atoms with Gasteiger partial charge in [0.25, 0.3) is 0 Å². The average Bonchev–Trinajstić information content (AvgIpc) is 2.24. The molecule has 0 aliphatic rings.